The summed E-state index contributed by atoms with van der Waals surface area (Å²) in [5.74, 6) is -0.927. The summed E-state index contributed by atoms with van der Waals surface area (Å²) in [5.41, 5.74) is 5.61. The van der Waals surface area contributed by atoms with Crippen molar-refractivity contribution < 1.29 is 9.59 Å². The van der Waals surface area contributed by atoms with Crippen LogP contribution in [0.5, 0.6) is 0 Å². The minimum Gasteiger partial charge on any atom is -0.365 e. The number of pyridine rings is 1. The highest BCUT2D eigenvalue weighted by Crippen LogP contribution is 2.30. The molecule has 0 saturated heterocycles. The molecule has 0 unspecified atom stereocenters. The Balaban J connectivity index is 1.80. The molecule has 3 rings (SSSR count). The minimum atomic E-state index is -0.578. The number of nitrogens with two attached hydrogens (primary N) is 1. The number of anilines is 1. The van der Waals surface area contributed by atoms with Gasteiger partial charge in [0.05, 0.1) is 11.8 Å². The molecule has 0 atom stereocenters. The van der Waals surface area contributed by atoms with Crippen molar-refractivity contribution in [2.45, 2.75) is 9.92 Å². The lowest BCUT2D eigenvalue weighted by Crippen LogP contribution is -2.13. The van der Waals surface area contributed by atoms with Gasteiger partial charge >= 0.3 is 0 Å². The highest BCUT2D eigenvalue weighted by molar-refractivity contribution is 9.10. The Bertz CT molecular complexity index is 928. The second-order valence-corrected chi connectivity index (χ2v) is 7.77. The molecule has 3 N–H and O–H groups in total. The molecule has 3 aromatic rings. The quantitative estimate of drug-likeness (QED) is 0.635. The van der Waals surface area contributed by atoms with Crippen molar-refractivity contribution in [3.05, 3.63) is 63.7 Å². The number of thiazole rings is 1. The zero-order valence-corrected chi connectivity index (χ0v) is 15.8. The van der Waals surface area contributed by atoms with Crippen LogP contribution in [0.25, 0.3) is 0 Å². The normalized spacial score (nSPS) is 10.4. The van der Waals surface area contributed by atoms with Crippen LogP contribution < -0.4 is 11.1 Å². The van der Waals surface area contributed by atoms with E-state index in [1.165, 1.54) is 18.0 Å². The fraction of sp³-hybridized carbons (Fsp3) is 0. The van der Waals surface area contributed by atoms with Gasteiger partial charge in [-0.25, -0.2) is 9.97 Å². The van der Waals surface area contributed by atoms with Crippen molar-refractivity contribution in [1.29, 1.82) is 0 Å². The first-order valence-electron chi connectivity index (χ1n) is 6.98. The smallest absolute Gasteiger partial charge is 0.260 e. The van der Waals surface area contributed by atoms with Crippen LogP contribution in [0, 0.1) is 0 Å². The van der Waals surface area contributed by atoms with Gasteiger partial charge in [0.1, 0.15) is 9.90 Å². The molecular formula is C16H11BrN4O2S2. The van der Waals surface area contributed by atoms with E-state index >= 15 is 0 Å². The van der Waals surface area contributed by atoms with Gasteiger partial charge < -0.3 is 5.73 Å². The first-order chi connectivity index (χ1) is 12.0. The summed E-state index contributed by atoms with van der Waals surface area (Å²) in [6.07, 6.45) is 2.97. The maximum absolute atomic E-state index is 12.5. The van der Waals surface area contributed by atoms with Crippen molar-refractivity contribution in [2.24, 2.45) is 5.73 Å². The standard InChI is InChI=1S/C16H11BrN4O2S2/c17-9-3-5-10(6-4-9)24-15-11(2-1-7-19-15)14(23)21-16-20-8-12(25-16)13(18)22/h1-8H,(H2,18,22)(H,20,21,23). The highest BCUT2D eigenvalue weighted by atomic mass is 79.9. The maximum atomic E-state index is 12.5. The molecule has 126 valence electrons. The number of nitrogens with zero attached hydrogens (tertiary/aromatic N) is 2. The minimum absolute atomic E-state index is 0.283. The maximum Gasteiger partial charge on any atom is 0.260 e. The Kier molecular flexibility index (Phi) is 5.47. The van der Waals surface area contributed by atoms with E-state index in [1.54, 1.807) is 18.3 Å². The van der Waals surface area contributed by atoms with E-state index in [2.05, 4.69) is 31.2 Å². The largest absolute Gasteiger partial charge is 0.365 e. The predicted octanol–water partition coefficient (Wildman–Crippen LogP) is 3.80. The lowest BCUT2D eigenvalue weighted by Gasteiger charge is -2.07. The van der Waals surface area contributed by atoms with Crippen molar-refractivity contribution in [2.75, 3.05) is 5.32 Å². The Labute approximate surface area is 160 Å². The number of hydrogen-bond donors (Lipinski definition) is 2. The number of nitrogens with one attached hydrogen (secondary N) is 1. The number of rotatable bonds is 5. The van der Waals surface area contributed by atoms with Gasteiger partial charge in [-0.1, -0.05) is 39.0 Å². The average Bonchev–Trinajstić information content (AvgIpc) is 3.06. The molecule has 0 spiro atoms. The number of carbonyl (C=O) groups excluding carboxylic acids is 2. The van der Waals surface area contributed by atoms with Crippen LogP contribution in [-0.4, -0.2) is 21.8 Å². The van der Waals surface area contributed by atoms with Crippen LogP contribution >= 0.6 is 39.0 Å². The van der Waals surface area contributed by atoms with Crippen LogP contribution in [-0.2, 0) is 0 Å². The zero-order valence-electron chi connectivity index (χ0n) is 12.6. The van der Waals surface area contributed by atoms with E-state index in [4.69, 9.17) is 5.73 Å². The first-order valence-corrected chi connectivity index (χ1v) is 9.41. The third-order valence-electron chi connectivity index (χ3n) is 3.01. The van der Waals surface area contributed by atoms with Crippen molar-refractivity contribution >= 4 is 56.0 Å². The predicted molar refractivity (Wildman–Crippen MR) is 101 cm³/mol. The Morgan fingerprint density at radius 3 is 2.60 bits per heavy atom. The van der Waals surface area contributed by atoms with Gasteiger partial charge in [0.25, 0.3) is 11.8 Å². The fourth-order valence-electron chi connectivity index (χ4n) is 1.87. The molecule has 0 bridgehead atoms. The van der Waals surface area contributed by atoms with Gasteiger partial charge in [-0.3, -0.25) is 14.9 Å². The summed E-state index contributed by atoms with van der Waals surface area (Å²) in [7, 11) is 0. The van der Waals surface area contributed by atoms with Crippen LogP contribution in [0.4, 0.5) is 5.13 Å². The summed E-state index contributed by atoms with van der Waals surface area (Å²) in [6, 6.07) is 11.1. The van der Waals surface area contributed by atoms with Crippen LogP contribution in [0.3, 0.4) is 0 Å². The highest BCUT2D eigenvalue weighted by Gasteiger charge is 2.16. The monoisotopic (exact) mass is 434 g/mol. The topological polar surface area (TPSA) is 98.0 Å². The molecule has 0 aliphatic carbocycles. The van der Waals surface area contributed by atoms with Crippen molar-refractivity contribution in [3.63, 3.8) is 0 Å². The Hall–Kier alpha value is -2.23. The molecule has 2 amide bonds. The molecule has 0 fully saturated rings. The van der Waals surface area contributed by atoms with E-state index in [-0.39, 0.29) is 10.8 Å². The number of hydrogen-bond acceptors (Lipinski definition) is 6. The summed E-state index contributed by atoms with van der Waals surface area (Å²) in [4.78, 5) is 33.2. The summed E-state index contributed by atoms with van der Waals surface area (Å²) in [6.45, 7) is 0. The number of halogens is 1. The lowest BCUT2D eigenvalue weighted by atomic mass is 10.3. The fourth-order valence-corrected chi connectivity index (χ4v) is 3.68. The number of primary amides is 1. The van der Waals surface area contributed by atoms with Gasteiger partial charge in [-0.2, -0.15) is 0 Å². The molecule has 0 aliphatic rings. The Morgan fingerprint density at radius 2 is 1.92 bits per heavy atom. The van der Waals surface area contributed by atoms with Gasteiger partial charge in [-0.05, 0) is 36.4 Å². The van der Waals surface area contributed by atoms with E-state index in [0.29, 0.717) is 15.7 Å². The number of benzene rings is 1. The lowest BCUT2D eigenvalue weighted by molar-refractivity contribution is 0.1000. The van der Waals surface area contributed by atoms with Gasteiger partial charge in [0.2, 0.25) is 0 Å². The zero-order chi connectivity index (χ0) is 17.8. The Morgan fingerprint density at radius 1 is 1.16 bits per heavy atom. The SMILES string of the molecule is NC(=O)c1cnc(NC(=O)c2cccnc2Sc2ccc(Br)cc2)s1. The number of amides is 2. The van der Waals surface area contributed by atoms with Crippen LogP contribution in [0.1, 0.15) is 20.0 Å². The number of aromatic nitrogens is 2. The molecule has 9 heteroatoms. The van der Waals surface area contributed by atoms with Crippen molar-refractivity contribution in [3.8, 4) is 0 Å². The van der Waals surface area contributed by atoms with E-state index < -0.39 is 5.91 Å². The van der Waals surface area contributed by atoms with Gasteiger partial charge in [0.15, 0.2) is 5.13 Å². The second kappa shape index (κ2) is 7.77. The molecule has 2 heterocycles. The summed E-state index contributed by atoms with van der Waals surface area (Å²) in [5, 5.41) is 3.55. The van der Waals surface area contributed by atoms with Crippen LogP contribution in [0.15, 0.2) is 63.2 Å². The molecular weight excluding hydrogens is 424 g/mol. The van der Waals surface area contributed by atoms with E-state index in [0.717, 1.165) is 20.7 Å². The second-order valence-electron chi connectivity index (χ2n) is 4.76. The summed E-state index contributed by atoms with van der Waals surface area (Å²) >= 11 is 5.80. The van der Waals surface area contributed by atoms with Gasteiger partial charge in [0, 0.05) is 15.6 Å². The molecule has 6 nitrogen and oxygen atoms in total. The van der Waals surface area contributed by atoms with E-state index in [9.17, 15) is 9.59 Å². The first kappa shape index (κ1) is 17.6. The molecule has 25 heavy (non-hydrogen) atoms. The van der Waals surface area contributed by atoms with Crippen molar-refractivity contribution in [1.82, 2.24) is 9.97 Å². The number of carbonyl (C=O) groups is 2. The molecule has 0 aliphatic heterocycles. The molecule has 0 radical (unpaired) electrons. The molecule has 0 saturated carbocycles. The van der Waals surface area contributed by atoms with E-state index in [1.807, 2.05) is 24.3 Å². The average molecular weight is 435 g/mol. The third-order valence-corrected chi connectivity index (χ3v) is 5.50. The summed E-state index contributed by atoms with van der Waals surface area (Å²) < 4.78 is 0.977. The molecule has 1 aromatic carbocycles. The third kappa shape index (κ3) is 4.44. The van der Waals surface area contributed by atoms with Gasteiger partial charge in [-0.15, -0.1) is 0 Å². The van der Waals surface area contributed by atoms with Crippen LogP contribution in [0.2, 0.25) is 0 Å². The molecule has 2 aromatic heterocycles.